The van der Waals surface area contributed by atoms with Crippen molar-refractivity contribution in [1.29, 1.82) is 0 Å². The van der Waals surface area contributed by atoms with Crippen molar-refractivity contribution in [1.82, 2.24) is 14.7 Å². The van der Waals surface area contributed by atoms with Gasteiger partial charge in [-0.3, -0.25) is 19.3 Å². The molecule has 5 aliphatic rings. The number of fused-ring (bicyclic) bond motifs is 2. The van der Waals surface area contributed by atoms with Gasteiger partial charge in [0.05, 0.1) is 42.4 Å². The number of carbonyl (C=O) groups excluding carboxylic acids is 3. The molecular formula is C23H31N3O6S. The Morgan fingerprint density at radius 2 is 1.97 bits per heavy atom. The molecule has 0 saturated carbocycles. The highest BCUT2D eigenvalue weighted by Crippen LogP contribution is 2.61. The predicted molar refractivity (Wildman–Crippen MR) is 121 cm³/mol. The summed E-state index contributed by atoms with van der Waals surface area (Å²) in [7, 11) is 0. The fraction of sp³-hybridized carbons (Fsp3) is 0.696. The van der Waals surface area contributed by atoms with Gasteiger partial charge in [-0.15, -0.1) is 11.8 Å². The molecule has 180 valence electrons. The summed E-state index contributed by atoms with van der Waals surface area (Å²) in [6.07, 6.45) is 7.71. The van der Waals surface area contributed by atoms with Gasteiger partial charge in [0, 0.05) is 38.0 Å². The molecule has 9 nitrogen and oxygen atoms in total. The van der Waals surface area contributed by atoms with Crippen LogP contribution in [0, 0.1) is 11.8 Å². The molecule has 10 heteroatoms. The highest BCUT2D eigenvalue weighted by Gasteiger charge is 2.71. The molecule has 5 aliphatic heterocycles. The molecule has 0 aromatic heterocycles. The average molecular weight is 478 g/mol. The number of aliphatic hydroxyl groups excluding tert-OH is 1. The lowest BCUT2D eigenvalue weighted by Gasteiger charge is -2.38. The second-order valence-corrected chi connectivity index (χ2v) is 10.8. The minimum absolute atomic E-state index is 0.120. The number of morpholine rings is 1. The summed E-state index contributed by atoms with van der Waals surface area (Å²) in [6, 6.07) is -1.29. The molecule has 0 aliphatic carbocycles. The summed E-state index contributed by atoms with van der Waals surface area (Å²) in [5.41, 5.74) is 0. The number of hydrogen-bond acceptors (Lipinski definition) is 8. The lowest BCUT2D eigenvalue weighted by Crippen LogP contribution is -2.56. The van der Waals surface area contributed by atoms with E-state index < -0.39 is 28.7 Å². The molecule has 1 unspecified atom stereocenters. The van der Waals surface area contributed by atoms with Crippen LogP contribution in [0.1, 0.15) is 6.92 Å². The van der Waals surface area contributed by atoms with Gasteiger partial charge in [-0.05, 0) is 6.92 Å². The van der Waals surface area contributed by atoms with Crippen LogP contribution in [-0.2, 0) is 23.9 Å². The zero-order valence-corrected chi connectivity index (χ0v) is 19.6. The van der Waals surface area contributed by atoms with Crippen molar-refractivity contribution in [2.24, 2.45) is 11.8 Å². The van der Waals surface area contributed by atoms with E-state index >= 15 is 0 Å². The standard InChI is InChI=1S/C23H31N3O6S/c1-15(14-27)26-19-21(29)25(8-7-24-9-12-31-13-10-24)6-3-5-23(19)18(20(26)28)17-16(33-23)4-2-11-32-22(17)30/h2-5,15-19,27H,6-14H2,1H3/t15-,16-,17+,18+,19?,23+/m1/s1. The first-order chi connectivity index (χ1) is 16.0. The van der Waals surface area contributed by atoms with Crippen molar-refractivity contribution in [3.05, 3.63) is 24.3 Å². The Bertz CT molecular complexity index is 874. The molecule has 1 spiro atoms. The smallest absolute Gasteiger partial charge is 0.311 e. The number of cyclic esters (lactones) is 1. The highest BCUT2D eigenvalue weighted by atomic mass is 32.2. The van der Waals surface area contributed by atoms with Gasteiger partial charge in [0.25, 0.3) is 0 Å². The van der Waals surface area contributed by atoms with Crippen LogP contribution in [0.3, 0.4) is 0 Å². The third kappa shape index (κ3) is 3.71. The quantitative estimate of drug-likeness (QED) is 0.418. The summed E-state index contributed by atoms with van der Waals surface area (Å²) < 4.78 is 9.92. The van der Waals surface area contributed by atoms with Crippen molar-refractivity contribution in [2.45, 2.75) is 29.0 Å². The van der Waals surface area contributed by atoms with E-state index in [9.17, 15) is 19.5 Å². The van der Waals surface area contributed by atoms with E-state index in [1.807, 2.05) is 24.3 Å². The monoisotopic (exact) mass is 477 g/mol. The van der Waals surface area contributed by atoms with Crippen LogP contribution in [0.15, 0.2) is 24.3 Å². The van der Waals surface area contributed by atoms with Gasteiger partial charge < -0.3 is 24.4 Å². The second kappa shape index (κ2) is 9.05. The second-order valence-electron chi connectivity index (χ2n) is 9.32. The van der Waals surface area contributed by atoms with E-state index in [0.29, 0.717) is 26.3 Å². The van der Waals surface area contributed by atoms with E-state index in [0.717, 1.165) is 19.6 Å². The Morgan fingerprint density at radius 1 is 1.18 bits per heavy atom. The van der Waals surface area contributed by atoms with Crippen molar-refractivity contribution >= 4 is 29.5 Å². The summed E-state index contributed by atoms with van der Waals surface area (Å²) in [5.74, 6) is -2.09. The molecule has 6 atom stereocenters. The molecule has 0 aromatic rings. The van der Waals surface area contributed by atoms with Gasteiger partial charge >= 0.3 is 5.97 Å². The summed E-state index contributed by atoms with van der Waals surface area (Å²) in [6.45, 7) is 6.52. The highest BCUT2D eigenvalue weighted by molar-refractivity contribution is 8.02. The average Bonchev–Trinajstić information content (AvgIpc) is 3.14. The summed E-state index contributed by atoms with van der Waals surface area (Å²) in [4.78, 5) is 46.3. The normalized spacial score (nSPS) is 37.3. The molecule has 5 heterocycles. The summed E-state index contributed by atoms with van der Waals surface area (Å²) in [5, 5.41) is 9.70. The first kappa shape index (κ1) is 22.9. The summed E-state index contributed by atoms with van der Waals surface area (Å²) >= 11 is 1.52. The van der Waals surface area contributed by atoms with E-state index in [4.69, 9.17) is 9.47 Å². The number of rotatable bonds is 5. The molecule has 2 amide bonds. The van der Waals surface area contributed by atoms with Crippen LogP contribution in [0.5, 0.6) is 0 Å². The third-order valence-corrected chi connectivity index (χ3v) is 9.21. The van der Waals surface area contributed by atoms with Crippen molar-refractivity contribution in [2.75, 3.05) is 59.2 Å². The van der Waals surface area contributed by atoms with E-state index in [1.165, 1.54) is 16.7 Å². The topological polar surface area (TPSA) is 99.6 Å². The molecule has 0 radical (unpaired) electrons. The van der Waals surface area contributed by atoms with Crippen molar-refractivity contribution < 1.29 is 29.0 Å². The Hall–Kier alpha value is -1.88. The van der Waals surface area contributed by atoms with Crippen LogP contribution >= 0.6 is 11.8 Å². The van der Waals surface area contributed by atoms with Gasteiger partial charge in [0.1, 0.15) is 12.6 Å². The third-order valence-electron chi connectivity index (χ3n) is 7.46. The number of thioether (sulfide) groups is 1. The van der Waals surface area contributed by atoms with Gasteiger partial charge in [-0.2, -0.15) is 0 Å². The van der Waals surface area contributed by atoms with Crippen LogP contribution in [0.2, 0.25) is 0 Å². The number of nitrogens with zero attached hydrogens (tertiary/aromatic N) is 3. The molecule has 0 bridgehead atoms. The number of hydrogen-bond donors (Lipinski definition) is 1. The maximum Gasteiger partial charge on any atom is 0.311 e. The van der Waals surface area contributed by atoms with Gasteiger partial charge in [0.15, 0.2) is 0 Å². The molecule has 5 rings (SSSR count). The van der Waals surface area contributed by atoms with Crippen LogP contribution in [-0.4, -0.2) is 119 Å². The SMILES string of the molecule is C[C@H](CO)N1C(=O)[C@@H]2[C@H]3C(=O)OCC=C[C@H]3S[C@@]23C=CCN(CCN2CCOCC2)C(=O)C13. The molecule has 33 heavy (non-hydrogen) atoms. The number of carbonyl (C=O) groups is 3. The number of ether oxygens (including phenoxy) is 2. The molecule has 0 aromatic carbocycles. The van der Waals surface area contributed by atoms with Crippen molar-refractivity contribution in [3.8, 4) is 0 Å². The number of likely N-dealkylation sites (tertiary alicyclic amines) is 1. The Morgan fingerprint density at radius 3 is 2.73 bits per heavy atom. The first-order valence-corrected chi connectivity index (χ1v) is 12.6. The number of amides is 2. The fourth-order valence-electron chi connectivity index (χ4n) is 5.81. The largest absolute Gasteiger partial charge is 0.461 e. The maximum atomic E-state index is 14.0. The molecule has 3 saturated heterocycles. The Labute approximate surface area is 197 Å². The fourth-order valence-corrected chi connectivity index (χ4v) is 7.79. The maximum absolute atomic E-state index is 14.0. The first-order valence-electron chi connectivity index (χ1n) is 11.7. The van der Waals surface area contributed by atoms with Gasteiger partial charge in [-0.25, -0.2) is 0 Å². The number of esters is 1. The number of aliphatic hydroxyl groups is 1. The minimum Gasteiger partial charge on any atom is -0.461 e. The van der Waals surface area contributed by atoms with Gasteiger partial charge in [-0.1, -0.05) is 24.3 Å². The predicted octanol–water partition coefficient (Wildman–Crippen LogP) is -0.492. The lowest BCUT2D eigenvalue weighted by molar-refractivity contribution is -0.152. The van der Waals surface area contributed by atoms with E-state index in [-0.39, 0.29) is 36.2 Å². The minimum atomic E-state index is -0.860. The van der Waals surface area contributed by atoms with Crippen LogP contribution in [0.4, 0.5) is 0 Å². The van der Waals surface area contributed by atoms with E-state index in [1.54, 1.807) is 11.8 Å². The zero-order valence-electron chi connectivity index (χ0n) is 18.8. The van der Waals surface area contributed by atoms with Crippen molar-refractivity contribution in [3.63, 3.8) is 0 Å². The van der Waals surface area contributed by atoms with Crippen LogP contribution < -0.4 is 0 Å². The van der Waals surface area contributed by atoms with E-state index in [2.05, 4.69) is 4.90 Å². The molecule has 1 N–H and O–H groups in total. The Kier molecular flexibility index (Phi) is 6.28. The van der Waals surface area contributed by atoms with Gasteiger partial charge in [0.2, 0.25) is 11.8 Å². The molecular weight excluding hydrogens is 446 g/mol. The lowest BCUT2D eigenvalue weighted by atomic mass is 9.78. The zero-order chi connectivity index (χ0) is 23.2. The van der Waals surface area contributed by atoms with Crippen LogP contribution in [0.25, 0.3) is 0 Å². The molecule has 3 fully saturated rings. The Balaban J connectivity index is 1.48.